The number of hydrogen-bond donors (Lipinski definition) is 0. The van der Waals surface area contributed by atoms with Crippen LogP contribution in [-0.2, 0) is 4.74 Å². The number of rotatable bonds is 3. The molecule has 0 unspecified atom stereocenters. The van der Waals surface area contributed by atoms with E-state index in [0.29, 0.717) is 6.61 Å². The lowest BCUT2D eigenvalue weighted by Crippen LogP contribution is -1.91. The van der Waals surface area contributed by atoms with E-state index in [9.17, 15) is 0 Å². The molecule has 0 saturated carbocycles. The lowest BCUT2D eigenvalue weighted by Gasteiger charge is -2.02. The summed E-state index contributed by atoms with van der Waals surface area (Å²) in [7, 11) is 1.67. The molecule has 1 heteroatoms. The van der Waals surface area contributed by atoms with Crippen molar-refractivity contribution in [3.63, 3.8) is 0 Å². The molecule has 0 atom stereocenters. The Bertz CT molecular complexity index is 226. The number of hydrogen-bond acceptors (Lipinski definition) is 1. The van der Waals surface area contributed by atoms with Crippen LogP contribution in [-0.4, -0.2) is 13.7 Å². The Kier molecular flexibility index (Phi) is 2.87. The second-order valence-corrected chi connectivity index (χ2v) is 2.40. The molecule has 0 bridgehead atoms. The van der Waals surface area contributed by atoms with Crippen LogP contribution >= 0.6 is 0 Å². The molecule has 0 aromatic heterocycles. The fraction of sp³-hybridized carbons (Fsp3) is 0.200. The summed E-state index contributed by atoms with van der Waals surface area (Å²) in [6.07, 6.45) is 0. The third kappa shape index (κ3) is 2.20. The number of benzene rings is 1. The molecule has 0 spiro atoms. The lowest BCUT2D eigenvalue weighted by molar-refractivity contribution is 0.240. The maximum absolute atomic E-state index is 4.96. The second kappa shape index (κ2) is 3.94. The van der Waals surface area contributed by atoms with Gasteiger partial charge in [0.2, 0.25) is 0 Å². The molecule has 0 fully saturated rings. The Labute approximate surface area is 67.3 Å². The predicted molar refractivity (Wildman–Crippen MR) is 47.4 cm³/mol. The van der Waals surface area contributed by atoms with Gasteiger partial charge in [-0.2, -0.15) is 0 Å². The van der Waals surface area contributed by atoms with Gasteiger partial charge in [0, 0.05) is 7.11 Å². The fourth-order valence-corrected chi connectivity index (χ4v) is 0.931. The van der Waals surface area contributed by atoms with Crippen LogP contribution in [0.3, 0.4) is 0 Å². The lowest BCUT2D eigenvalue weighted by atomic mass is 10.1. The van der Waals surface area contributed by atoms with Gasteiger partial charge in [0.15, 0.2) is 0 Å². The summed E-state index contributed by atoms with van der Waals surface area (Å²) in [6, 6.07) is 10.0. The summed E-state index contributed by atoms with van der Waals surface area (Å²) in [5, 5.41) is 0. The van der Waals surface area contributed by atoms with E-state index in [1.165, 1.54) is 0 Å². The van der Waals surface area contributed by atoms with E-state index >= 15 is 0 Å². The molecule has 0 saturated heterocycles. The van der Waals surface area contributed by atoms with Crippen molar-refractivity contribution < 1.29 is 4.74 Å². The van der Waals surface area contributed by atoms with Gasteiger partial charge in [-0.1, -0.05) is 36.9 Å². The Morgan fingerprint density at radius 2 is 2.00 bits per heavy atom. The minimum absolute atomic E-state index is 0.601. The van der Waals surface area contributed by atoms with E-state index < -0.39 is 0 Å². The van der Waals surface area contributed by atoms with Crippen LogP contribution in [0.15, 0.2) is 36.9 Å². The summed E-state index contributed by atoms with van der Waals surface area (Å²) < 4.78 is 4.96. The van der Waals surface area contributed by atoms with Gasteiger partial charge >= 0.3 is 0 Å². The van der Waals surface area contributed by atoms with Crippen LogP contribution in [0.5, 0.6) is 0 Å². The molecular formula is C10H12O. The van der Waals surface area contributed by atoms with E-state index in [2.05, 4.69) is 6.58 Å². The Morgan fingerprint density at radius 1 is 1.36 bits per heavy atom. The zero-order valence-corrected chi connectivity index (χ0v) is 6.71. The zero-order valence-electron chi connectivity index (χ0n) is 6.71. The van der Waals surface area contributed by atoms with Gasteiger partial charge in [-0.3, -0.25) is 0 Å². The molecule has 0 radical (unpaired) electrons. The van der Waals surface area contributed by atoms with Crippen molar-refractivity contribution in [2.45, 2.75) is 0 Å². The first-order chi connectivity index (χ1) is 5.34. The summed E-state index contributed by atoms with van der Waals surface area (Å²) >= 11 is 0. The topological polar surface area (TPSA) is 9.23 Å². The van der Waals surface area contributed by atoms with Crippen LogP contribution < -0.4 is 0 Å². The van der Waals surface area contributed by atoms with Crippen LogP contribution in [0.25, 0.3) is 5.57 Å². The summed E-state index contributed by atoms with van der Waals surface area (Å²) in [5.74, 6) is 0. The van der Waals surface area contributed by atoms with Crippen molar-refractivity contribution in [1.82, 2.24) is 0 Å². The minimum atomic E-state index is 0.601. The Hall–Kier alpha value is -1.08. The van der Waals surface area contributed by atoms with E-state index in [1.54, 1.807) is 7.11 Å². The maximum Gasteiger partial charge on any atom is 0.0713 e. The van der Waals surface area contributed by atoms with E-state index in [1.807, 2.05) is 30.3 Å². The summed E-state index contributed by atoms with van der Waals surface area (Å²) in [4.78, 5) is 0. The maximum atomic E-state index is 4.96. The monoisotopic (exact) mass is 148 g/mol. The molecule has 0 amide bonds. The van der Waals surface area contributed by atoms with Gasteiger partial charge in [-0.15, -0.1) is 0 Å². The standard InChI is InChI=1S/C10H12O/c1-9(8-11-2)10-6-4-3-5-7-10/h3-7H,1,8H2,2H3. The highest BCUT2D eigenvalue weighted by Crippen LogP contribution is 2.10. The van der Waals surface area contributed by atoms with Gasteiger partial charge in [0.05, 0.1) is 6.61 Å². The van der Waals surface area contributed by atoms with Gasteiger partial charge in [-0.05, 0) is 11.1 Å². The van der Waals surface area contributed by atoms with E-state index in [4.69, 9.17) is 4.74 Å². The van der Waals surface area contributed by atoms with Crippen LogP contribution in [0, 0.1) is 0 Å². The summed E-state index contributed by atoms with van der Waals surface area (Å²) in [5.41, 5.74) is 2.17. The van der Waals surface area contributed by atoms with Crippen molar-refractivity contribution in [3.05, 3.63) is 42.5 Å². The van der Waals surface area contributed by atoms with Gasteiger partial charge in [-0.25, -0.2) is 0 Å². The molecule has 58 valence electrons. The predicted octanol–water partition coefficient (Wildman–Crippen LogP) is 2.35. The first-order valence-corrected chi connectivity index (χ1v) is 3.56. The molecule has 0 N–H and O–H groups in total. The SMILES string of the molecule is C=C(COC)c1ccccc1. The Morgan fingerprint density at radius 3 is 2.55 bits per heavy atom. The highest BCUT2D eigenvalue weighted by molar-refractivity contribution is 5.63. The van der Waals surface area contributed by atoms with Crippen molar-refractivity contribution in [2.24, 2.45) is 0 Å². The number of ether oxygens (including phenoxy) is 1. The molecule has 1 nitrogen and oxygen atoms in total. The molecule has 0 heterocycles. The first-order valence-electron chi connectivity index (χ1n) is 3.56. The largest absolute Gasteiger partial charge is 0.380 e. The molecule has 11 heavy (non-hydrogen) atoms. The van der Waals surface area contributed by atoms with Crippen molar-refractivity contribution in [1.29, 1.82) is 0 Å². The third-order valence-corrected chi connectivity index (χ3v) is 1.50. The average Bonchev–Trinajstić information content (AvgIpc) is 2.07. The molecule has 1 aromatic carbocycles. The van der Waals surface area contributed by atoms with Crippen molar-refractivity contribution in [3.8, 4) is 0 Å². The van der Waals surface area contributed by atoms with Crippen molar-refractivity contribution >= 4 is 5.57 Å². The quantitative estimate of drug-likeness (QED) is 0.639. The molecule has 0 aliphatic rings. The van der Waals surface area contributed by atoms with E-state index in [0.717, 1.165) is 11.1 Å². The summed E-state index contributed by atoms with van der Waals surface area (Å²) in [6.45, 7) is 4.49. The minimum Gasteiger partial charge on any atom is -0.380 e. The van der Waals surface area contributed by atoms with Crippen molar-refractivity contribution in [2.75, 3.05) is 13.7 Å². The van der Waals surface area contributed by atoms with Gasteiger partial charge in [0.1, 0.15) is 0 Å². The molecule has 1 aromatic rings. The normalized spacial score (nSPS) is 9.55. The van der Waals surface area contributed by atoms with Gasteiger partial charge in [0.25, 0.3) is 0 Å². The second-order valence-electron chi connectivity index (χ2n) is 2.40. The highest BCUT2D eigenvalue weighted by Gasteiger charge is 1.94. The molecule has 0 aliphatic carbocycles. The smallest absolute Gasteiger partial charge is 0.0713 e. The van der Waals surface area contributed by atoms with Gasteiger partial charge < -0.3 is 4.74 Å². The van der Waals surface area contributed by atoms with Crippen LogP contribution in [0.1, 0.15) is 5.56 Å². The third-order valence-electron chi connectivity index (χ3n) is 1.50. The van der Waals surface area contributed by atoms with Crippen LogP contribution in [0.4, 0.5) is 0 Å². The highest BCUT2D eigenvalue weighted by atomic mass is 16.5. The molecule has 1 rings (SSSR count). The zero-order chi connectivity index (χ0) is 8.10. The molecular weight excluding hydrogens is 136 g/mol. The van der Waals surface area contributed by atoms with E-state index in [-0.39, 0.29) is 0 Å². The fourth-order valence-electron chi connectivity index (χ4n) is 0.931. The molecule has 0 aliphatic heterocycles. The number of methoxy groups -OCH3 is 1. The first kappa shape index (κ1) is 8.02. The van der Waals surface area contributed by atoms with Crippen LogP contribution in [0.2, 0.25) is 0 Å². The average molecular weight is 148 g/mol. The Balaban J connectivity index is 2.69.